The van der Waals surface area contributed by atoms with Crippen LogP contribution in [0.1, 0.15) is 11.3 Å². The smallest absolute Gasteiger partial charge is 0.403 e. The summed E-state index contributed by atoms with van der Waals surface area (Å²) in [5.74, 6) is -0.394. The molecule has 1 aromatic carbocycles. The molecule has 3 N–H and O–H groups in total. The van der Waals surface area contributed by atoms with Crippen LogP contribution in [-0.4, -0.2) is 43.7 Å². The van der Waals surface area contributed by atoms with E-state index >= 15 is 0 Å². The van der Waals surface area contributed by atoms with E-state index in [9.17, 15) is 19.5 Å². The predicted molar refractivity (Wildman–Crippen MR) is 134 cm³/mol. The number of nitrogens with two attached hydrogens (primary N) is 1. The fourth-order valence-corrected chi connectivity index (χ4v) is 4.84. The summed E-state index contributed by atoms with van der Waals surface area (Å²) in [6.07, 6.45) is 2.98. The van der Waals surface area contributed by atoms with Crippen molar-refractivity contribution < 1.29 is 27.7 Å². The van der Waals surface area contributed by atoms with Gasteiger partial charge in [0.15, 0.2) is 11.2 Å². The van der Waals surface area contributed by atoms with E-state index in [0.29, 0.717) is 0 Å². The van der Waals surface area contributed by atoms with Gasteiger partial charge in [0.05, 0.1) is 25.6 Å². The summed E-state index contributed by atoms with van der Waals surface area (Å²) < 4.78 is 36.8. The van der Waals surface area contributed by atoms with Gasteiger partial charge < -0.3 is 24.0 Å². The lowest BCUT2D eigenvalue weighted by atomic mass is 10.2. The second-order valence-corrected chi connectivity index (χ2v) is 10.5. The number of thioether (sulfide) groups is 1. The molecule has 0 aliphatic carbocycles. The summed E-state index contributed by atoms with van der Waals surface area (Å²) in [6, 6.07) is 10.0. The maximum atomic E-state index is 13.4. The minimum atomic E-state index is -3.83. The first-order valence-corrected chi connectivity index (χ1v) is 13.7. The zero-order chi connectivity index (χ0) is 26.4. The Labute approximate surface area is 213 Å². The second kappa shape index (κ2) is 11.7. The van der Waals surface area contributed by atoms with Crippen LogP contribution in [0.3, 0.4) is 0 Å². The summed E-state index contributed by atoms with van der Waals surface area (Å²) >= 11 is 1.59. The number of H-pyrrole nitrogens is 1. The predicted octanol–water partition coefficient (Wildman–Crippen LogP) is 3.53. The van der Waals surface area contributed by atoms with Crippen LogP contribution in [0.5, 0.6) is 0 Å². The van der Waals surface area contributed by atoms with Crippen molar-refractivity contribution in [2.45, 2.75) is 24.7 Å². The monoisotopic (exact) mass is 550 g/mol. The Hall–Kier alpha value is -3.49. The van der Waals surface area contributed by atoms with E-state index in [4.69, 9.17) is 23.9 Å². The minimum absolute atomic E-state index is 0.00820. The van der Waals surface area contributed by atoms with E-state index in [-0.39, 0.29) is 49.2 Å². The third kappa shape index (κ3) is 6.84. The van der Waals surface area contributed by atoms with Gasteiger partial charge in [0, 0.05) is 11.4 Å². The zero-order valence-corrected chi connectivity index (χ0v) is 21.3. The van der Waals surface area contributed by atoms with E-state index in [1.807, 2.05) is 30.5 Å². The van der Waals surface area contributed by atoms with Gasteiger partial charge in [-0.1, -0.05) is 12.1 Å². The topological polar surface area (TPSA) is 191 Å². The SMILES string of the molecule is CSc1ccc(COP(=O)(COCCn2cnc3c(=O)[nH]c(N)nc32)OCc2ccc([N+](=O)[O-])o2)cc1. The average molecular weight is 550 g/mol. The van der Waals surface area contributed by atoms with Crippen LogP contribution in [0.25, 0.3) is 11.2 Å². The lowest BCUT2D eigenvalue weighted by Crippen LogP contribution is -2.13. The second-order valence-electron chi connectivity index (χ2n) is 7.60. The molecule has 0 aliphatic heterocycles. The molecule has 0 amide bonds. The van der Waals surface area contributed by atoms with Crippen molar-refractivity contribution >= 4 is 42.4 Å². The maximum absolute atomic E-state index is 13.4. The highest BCUT2D eigenvalue weighted by molar-refractivity contribution is 7.98. The number of anilines is 1. The largest absolute Gasteiger partial charge is 0.433 e. The van der Waals surface area contributed by atoms with Gasteiger partial charge in [-0.3, -0.25) is 29.0 Å². The van der Waals surface area contributed by atoms with E-state index in [1.165, 1.54) is 18.5 Å². The van der Waals surface area contributed by atoms with Gasteiger partial charge in [0.25, 0.3) is 5.56 Å². The number of hydrogen-bond acceptors (Lipinski definition) is 12. The molecule has 37 heavy (non-hydrogen) atoms. The number of rotatable bonds is 13. The summed E-state index contributed by atoms with van der Waals surface area (Å²) in [4.78, 5) is 33.6. The highest BCUT2D eigenvalue weighted by Gasteiger charge is 2.27. The number of aromatic nitrogens is 4. The molecule has 1 atom stereocenters. The Balaban J connectivity index is 1.40. The Morgan fingerprint density at radius 2 is 1.97 bits per heavy atom. The fraction of sp³-hybridized carbons (Fsp3) is 0.286. The molecule has 14 nitrogen and oxygen atoms in total. The number of imidazole rings is 1. The normalized spacial score (nSPS) is 13.1. The van der Waals surface area contributed by atoms with Crippen molar-refractivity contribution in [2.75, 3.05) is 24.9 Å². The third-order valence-electron chi connectivity index (χ3n) is 5.04. The third-order valence-corrected chi connectivity index (χ3v) is 7.32. The van der Waals surface area contributed by atoms with E-state index in [2.05, 4.69) is 15.0 Å². The quantitative estimate of drug-likeness (QED) is 0.0810. The van der Waals surface area contributed by atoms with Crippen LogP contribution in [0.2, 0.25) is 0 Å². The average Bonchev–Trinajstić information content (AvgIpc) is 3.52. The molecule has 0 spiro atoms. The van der Waals surface area contributed by atoms with Crippen LogP contribution in [0, 0.1) is 10.1 Å². The first-order chi connectivity index (χ1) is 17.8. The van der Waals surface area contributed by atoms with Crippen molar-refractivity contribution in [1.29, 1.82) is 0 Å². The number of nitro groups is 1. The number of furan rings is 1. The maximum Gasteiger partial charge on any atom is 0.433 e. The van der Waals surface area contributed by atoms with Gasteiger partial charge in [-0.25, -0.2) is 4.98 Å². The Bertz CT molecular complexity index is 1480. The highest BCUT2D eigenvalue weighted by atomic mass is 32.2. The molecule has 0 radical (unpaired) electrons. The molecular weight excluding hydrogens is 527 g/mol. The van der Waals surface area contributed by atoms with Crippen LogP contribution in [0.4, 0.5) is 11.8 Å². The molecule has 196 valence electrons. The summed E-state index contributed by atoms with van der Waals surface area (Å²) in [6.45, 7) is -0.0398. The van der Waals surface area contributed by atoms with E-state index in [0.717, 1.165) is 10.5 Å². The van der Waals surface area contributed by atoms with Crippen LogP contribution < -0.4 is 11.3 Å². The van der Waals surface area contributed by atoms with Crippen molar-refractivity contribution in [3.63, 3.8) is 0 Å². The molecule has 4 rings (SSSR count). The van der Waals surface area contributed by atoms with Gasteiger partial charge in [-0.15, -0.1) is 11.8 Å². The molecule has 3 heterocycles. The van der Waals surface area contributed by atoms with Crippen molar-refractivity contribution in [3.8, 4) is 0 Å². The molecule has 16 heteroatoms. The highest BCUT2D eigenvalue weighted by Crippen LogP contribution is 2.50. The number of fused-ring (bicyclic) bond motifs is 1. The summed E-state index contributed by atoms with van der Waals surface area (Å²) in [7, 11) is -3.83. The molecule has 1 unspecified atom stereocenters. The van der Waals surface area contributed by atoms with Crippen molar-refractivity contribution in [3.05, 3.63) is 74.5 Å². The number of hydrogen-bond donors (Lipinski definition) is 2. The van der Waals surface area contributed by atoms with Crippen molar-refractivity contribution in [1.82, 2.24) is 19.5 Å². The molecular formula is C21H23N6O8PS. The number of benzene rings is 1. The molecule has 0 saturated heterocycles. The number of ether oxygens (including phenoxy) is 1. The van der Waals surface area contributed by atoms with Gasteiger partial charge >= 0.3 is 13.5 Å². The van der Waals surface area contributed by atoms with E-state index in [1.54, 1.807) is 16.3 Å². The van der Waals surface area contributed by atoms with Crippen LogP contribution in [-0.2, 0) is 38.1 Å². The van der Waals surface area contributed by atoms with Gasteiger partial charge in [-0.05, 0) is 30.0 Å². The number of nitrogens with one attached hydrogen (secondary N) is 1. The lowest BCUT2D eigenvalue weighted by Gasteiger charge is -2.18. The standard InChI is InChI=1S/C21H23N6O8PS/c1-37-16-5-2-14(3-6-16)10-33-36(31,34-11-15-4-7-17(35-15)27(29)30)13-32-9-8-26-12-23-18-19(26)24-21(22)25-20(18)28/h2-7,12H,8-11,13H2,1H3,(H3,22,24,25,28). The fourth-order valence-electron chi connectivity index (χ4n) is 3.18. The number of nitrogen functional groups attached to an aromatic ring is 1. The minimum Gasteiger partial charge on any atom is -0.403 e. The Kier molecular flexibility index (Phi) is 8.41. The first-order valence-electron chi connectivity index (χ1n) is 10.8. The number of nitrogens with zero attached hydrogens (tertiary/aromatic N) is 4. The lowest BCUT2D eigenvalue weighted by molar-refractivity contribution is -0.402. The van der Waals surface area contributed by atoms with E-state index < -0.39 is 30.3 Å². The molecule has 0 aliphatic rings. The Morgan fingerprint density at radius 1 is 1.22 bits per heavy atom. The molecule has 3 aromatic heterocycles. The van der Waals surface area contributed by atoms with Crippen LogP contribution >= 0.6 is 19.4 Å². The summed E-state index contributed by atoms with van der Waals surface area (Å²) in [5, 5.41) is 10.8. The molecule has 0 saturated carbocycles. The summed E-state index contributed by atoms with van der Waals surface area (Å²) in [5.41, 5.74) is 6.33. The Morgan fingerprint density at radius 3 is 2.68 bits per heavy atom. The van der Waals surface area contributed by atoms with Gasteiger partial charge in [0.1, 0.15) is 23.6 Å². The first kappa shape index (κ1) is 26.6. The van der Waals surface area contributed by atoms with Gasteiger partial charge in [-0.2, -0.15) is 4.98 Å². The zero-order valence-electron chi connectivity index (χ0n) is 19.6. The molecule has 0 bridgehead atoms. The number of aromatic amines is 1. The van der Waals surface area contributed by atoms with Crippen LogP contribution in [0.15, 0.2) is 56.8 Å². The van der Waals surface area contributed by atoms with Crippen molar-refractivity contribution in [2.24, 2.45) is 0 Å². The molecule has 0 fully saturated rings. The molecule has 4 aromatic rings. The van der Waals surface area contributed by atoms with Gasteiger partial charge in [0.2, 0.25) is 5.95 Å².